The lowest BCUT2D eigenvalue weighted by Gasteiger charge is -2.16. The molecule has 1 heterocycles. The van der Waals surface area contributed by atoms with Crippen LogP contribution in [0, 0.1) is 5.82 Å². The third-order valence-electron chi connectivity index (χ3n) is 4.75. The number of hydrogen-bond acceptors (Lipinski definition) is 2. The number of nitrogens with one attached hydrogen (secondary N) is 2. The third-order valence-corrected chi connectivity index (χ3v) is 4.75. The Morgan fingerprint density at radius 2 is 1.93 bits per heavy atom. The van der Waals surface area contributed by atoms with Gasteiger partial charge < -0.3 is 10.3 Å². The van der Waals surface area contributed by atoms with Crippen molar-refractivity contribution in [1.29, 1.82) is 0 Å². The number of benzene rings is 2. The molecule has 0 fully saturated rings. The van der Waals surface area contributed by atoms with Crippen molar-refractivity contribution in [2.45, 2.75) is 38.6 Å². The van der Waals surface area contributed by atoms with Gasteiger partial charge in [0.05, 0.1) is 11.0 Å². The number of H-pyrrole nitrogens is 1. The van der Waals surface area contributed by atoms with Crippen LogP contribution in [-0.4, -0.2) is 22.0 Å². The van der Waals surface area contributed by atoms with E-state index < -0.39 is 0 Å². The molecule has 1 unspecified atom stereocenters. The fourth-order valence-corrected chi connectivity index (χ4v) is 3.40. The molecule has 0 spiro atoms. The number of para-hydroxylation sites is 2. The number of carbonyl (C=O) groups is 1. The van der Waals surface area contributed by atoms with E-state index in [-0.39, 0.29) is 23.3 Å². The van der Waals surface area contributed by atoms with Crippen LogP contribution in [0.2, 0.25) is 0 Å². The van der Waals surface area contributed by atoms with Crippen LogP contribution in [0.1, 0.15) is 37.7 Å². The number of hydrogen-bond donors (Lipinski definition) is 2. The van der Waals surface area contributed by atoms with E-state index in [2.05, 4.69) is 17.2 Å². The number of aromatic amines is 1. The van der Waals surface area contributed by atoms with Crippen molar-refractivity contribution in [3.05, 3.63) is 70.4 Å². The summed E-state index contributed by atoms with van der Waals surface area (Å²) in [4.78, 5) is 27.2. The van der Waals surface area contributed by atoms with Gasteiger partial charge in [-0.2, -0.15) is 0 Å². The molecule has 0 saturated carbocycles. The summed E-state index contributed by atoms with van der Waals surface area (Å²) in [6.45, 7) is 2.85. The van der Waals surface area contributed by atoms with Crippen molar-refractivity contribution in [3.8, 4) is 0 Å². The second-order valence-corrected chi connectivity index (χ2v) is 6.69. The van der Waals surface area contributed by atoms with Gasteiger partial charge in [-0.05, 0) is 42.2 Å². The number of amides is 1. The largest absolute Gasteiger partial charge is 0.354 e. The van der Waals surface area contributed by atoms with Crippen LogP contribution in [0.3, 0.4) is 0 Å². The van der Waals surface area contributed by atoms with Crippen LogP contribution >= 0.6 is 0 Å². The average Bonchev–Trinajstić information content (AvgIpc) is 2.97. The summed E-state index contributed by atoms with van der Waals surface area (Å²) in [6.07, 6.45) is 2.16. The van der Waals surface area contributed by atoms with Crippen molar-refractivity contribution >= 4 is 16.9 Å². The van der Waals surface area contributed by atoms with E-state index in [4.69, 9.17) is 0 Å². The molecule has 0 aliphatic carbocycles. The van der Waals surface area contributed by atoms with Crippen molar-refractivity contribution in [1.82, 2.24) is 14.9 Å². The fourth-order valence-electron chi connectivity index (χ4n) is 3.40. The Bertz CT molecular complexity index is 959. The highest BCUT2D eigenvalue weighted by atomic mass is 19.1. The van der Waals surface area contributed by atoms with Gasteiger partial charge in [-0.1, -0.05) is 37.6 Å². The van der Waals surface area contributed by atoms with Crippen LogP contribution in [0.15, 0.2) is 53.3 Å². The molecule has 3 aromatic rings. The normalized spacial score (nSPS) is 12.2. The monoisotopic (exact) mass is 369 g/mol. The molecule has 2 N–H and O–H groups in total. The van der Waals surface area contributed by atoms with Gasteiger partial charge in [0, 0.05) is 19.5 Å². The fraction of sp³-hybridized carbons (Fsp3) is 0.333. The van der Waals surface area contributed by atoms with E-state index in [1.807, 2.05) is 24.3 Å². The molecule has 6 heteroatoms. The Morgan fingerprint density at radius 1 is 1.19 bits per heavy atom. The first-order valence-corrected chi connectivity index (χ1v) is 9.28. The molecule has 1 aromatic heterocycles. The average molecular weight is 369 g/mol. The van der Waals surface area contributed by atoms with E-state index in [0.29, 0.717) is 19.5 Å². The lowest BCUT2D eigenvalue weighted by atomic mass is 9.91. The van der Waals surface area contributed by atoms with Crippen LogP contribution in [0.25, 0.3) is 11.0 Å². The summed E-state index contributed by atoms with van der Waals surface area (Å²) in [5.74, 6) is -0.278. The molecular weight excluding hydrogens is 345 g/mol. The van der Waals surface area contributed by atoms with E-state index >= 15 is 0 Å². The van der Waals surface area contributed by atoms with Crippen molar-refractivity contribution in [3.63, 3.8) is 0 Å². The maximum absolute atomic E-state index is 13.1. The Hall–Kier alpha value is -2.89. The highest BCUT2D eigenvalue weighted by Crippen LogP contribution is 2.25. The van der Waals surface area contributed by atoms with Crippen LogP contribution < -0.4 is 11.0 Å². The first kappa shape index (κ1) is 18.9. The van der Waals surface area contributed by atoms with E-state index in [1.54, 1.807) is 16.7 Å². The highest BCUT2D eigenvalue weighted by molar-refractivity contribution is 5.77. The number of aromatic nitrogens is 2. The van der Waals surface area contributed by atoms with Crippen molar-refractivity contribution in [2.24, 2.45) is 0 Å². The van der Waals surface area contributed by atoms with Crippen LogP contribution in [-0.2, 0) is 11.3 Å². The van der Waals surface area contributed by atoms with Crippen molar-refractivity contribution in [2.75, 3.05) is 6.54 Å². The maximum Gasteiger partial charge on any atom is 0.326 e. The summed E-state index contributed by atoms with van der Waals surface area (Å²) in [5.41, 5.74) is 2.40. The number of halogens is 1. The zero-order valence-corrected chi connectivity index (χ0v) is 15.4. The molecule has 0 aliphatic rings. The molecule has 0 radical (unpaired) electrons. The summed E-state index contributed by atoms with van der Waals surface area (Å²) in [6, 6.07) is 13.8. The van der Waals surface area contributed by atoms with E-state index in [1.165, 1.54) is 12.1 Å². The van der Waals surface area contributed by atoms with Gasteiger partial charge >= 0.3 is 5.69 Å². The molecule has 1 amide bonds. The van der Waals surface area contributed by atoms with Crippen LogP contribution in [0.4, 0.5) is 4.39 Å². The maximum atomic E-state index is 13.1. The number of nitrogens with zero attached hydrogens (tertiary/aromatic N) is 1. The quantitative estimate of drug-likeness (QED) is 0.638. The summed E-state index contributed by atoms with van der Waals surface area (Å²) in [7, 11) is 0. The third kappa shape index (κ3) is 4.64. The minimum absolute atomic E-state index is 0.0615. The number of fused-ring (bicyclic) bond motifs is 1. The van der Waals surface area contributed by atoms with Gasteiger partial charge in [-0.3, -0.25) is 9.36 Å². The summed E-state index contributed by atoms with van der Waals surface area (Å²) >= 11 is 0. The lowest BCUT2D eigenvalue weighted by Crippen LogP contribution is -2.30. The topological polar surface area (TPSA) is 66.9 Å². The Balaban J connectivity index is 1.58. The zero-order chi connectivity index (χ0) is 19.2. The molecule has 27 heavy (non-hydrogen) atoms. The first-order chi connectivity index (χ1) is 13.1. The van der Waals surface area contributed by atoms with Gasteiger partial charge in [-0.25, -0.2) is 9.18 Å². The zero-order valence-electron chi connectivity index (χ0n) is 15.4. The van der Waals surface area contributed by atoms with Crippen molar-refractivity contribution < 1.29 is 9.18 Å². The van der Waals surface area contributed by atoms with Gasteiger partial charge in [0.15, 0.2) is 0 Å². The predicted octanol–water partition coefficient (Wildman–Crippen LogP) is 3.56. The smallest absolute Gasteiger partial charge is 0.326 e. The van der Waals surface area contributed by atoms with Gasteiger partial charge in [0.1, 0.15) is 5.82 Å². The lowest BCUT2D eigenvalue weighted by molar-refractivity contribution is -0.121. The Labute approximate surface area is 157 Å². The number of rotatable bonds is 8. The number of imidazole rings is 1. The second kappa shape index (κ2) is 8.66. The molecule has 2 aromatic carbocycles. The molecular formula is C21H24FN3O2. The predicted molar refractivity (Wildman–Crippen MR) is 104 cm³/mol. The Morgan fingerprint density at radius 3 is 2.67 bits per heavy atom. The first-order valence-electron chi connectivity index (χ1n) is 9.28. The Kier molecular flexibility index (Phi) is 6.06. The minimum Gasteiger partial charge on any atom is -0.354 e. The van der Waals surface area contributed by atoms with Gasteiger partial charge in [0.2, 0.25) is 5.91 Å². The molecule has 0 aliphatic heterocycles. The number of carbonyl (C=O) groups excluding carboxylic acids is 1. The molecule has 142 valence electrons. The molecule has 1 atom stereocenters. The summed E-state index contributed by atoms with van der Waals surface area (Å²) < 4.78 is 14.8. The molecule has 5 nitrogen and oxygen atoms in total. The molecule has 0 bridgehead atoms. The standard InChI is InChI=1S/C21H24FN3O2/c1-2-5-16(15-8-10-17(22)11-9-15)14-20(26)23-12-13-25-19-7-4-3-6-18(19)24-21(25)27/h3-4,6-11,16H,2,5,12-14H2,1H3,(H,23,26)(H,24,27). The van der Waals surface area contributed by atoms with E-state index in [9.17, 15) is 14.0 Å². The van der Waals surface area contributed by atoms with Crippen LogP contribution in [0.5, 0.6) is 0 Å². The van der Waals surface area contributed by atoms with E-state index in [0.717, 1.165) is 29.4 Å². The highest BCUT2D eigenvalue weighted by Gasteiger charge is 2.15. The van der Waals surface area contributed by atoms with Gasteiger partial charge in [-0.15, -0.1) is 0 Å². The molecule has 3 rings (SSSR count). The van der Waals surface area contributed by atoms with Gasteiger partial charge in [0.25, 0.3) is 0 Å². The summed E-state index contributed by atoms with van der Waals surface area (Å²) in [5, 5.41) is 2.90. The SMILES string of the molecule is CCCC(CC(=O)NCCn1c(=O)[nH]c2ccccc21)c1ccc(F)cc1. The minimum atomic E-state index is -0.275. The molecule has 0 saturated heterocycles. The second-order valence-electron chi connectivity index (χ2n) is 6.69.